The molecule has 150 valence electrons. The summed E-state index contributed by atoms with van der Waals surface area (Å²) in [4.78, 5) is 13.3. The summed E-state index contributed by atoms with van der Waals surface area (Å²) in [6.07, 6.45) is 7.77. The van der Waals surface area contributed by atoms with Crippen molar-refractivity contribution >= 4 is 5.69 Å². The normalized spacial score (nSPS) is 24.9. The number of hydrogen-bond donors (Lipinski definition) is 0. The van der Waals surface area contributed by atoms with Gasteiger partial charge in [-0.15, -0.1) is 0 Å². The molecule has 0 aromatic heterocycles. The van der Waals surface area contributed by atoms with Crippen LogP contribution in [0.4, 0.5) is 10.1 Å². The molecule has 1 aromatic carbocycles. The number of ether oxygens (including phenoxy) is 1. The summed E-state index contributed by atoms with van der Waals surface area (Å²) in [5.41, 5.74) is 0.960. The fourth-order valence-corrected chi connectivity index (χ4v) is 4.81. The summed E-state index contributed by atoms with van der Waals surface area (Å²) >= 11 is 0. The smallest absolute Gasteiger partial charge is 0.307 e. The van der Waals surface area contributed by atoms with Crippen LogP contribution in [-0.2, 0) is 11.2 Å². The van der Waals surface area contributed by atoms with Crippen molar-refractivity contribution in [3.8, 4) is 0 Å². The third-order valence-electron chi connectivity index (χ3n) is 6.19. The van der Waals surface area contributed by atoms with E-state index < -0.39 is 10.7 Å². The highest BCUT2D eigenvalue weighted by atomic mass is 19.1. The van der Waals surface area contributed by atoms with Crippen molar-refractivity contribution in [1.29, 1.82) is 0 Å². The number of likely N-dealkylation sites (tertiary alicyclic amines) is 1. The summed E-state index contributed by atoms with van der Waals surface area (Å²) in [5.74, 6) is -0.320. The Labute approximate surface area is 161 Å². The molecule has 27 heavy (non-hydrogen) atoms. The zero-order valence-corrected chi connectivity index (χ0v) is 16.5. The predicted octanol–water partition coefficient (Wildman–Crippen LogP) is 4.64. The first-order valence-electron chi connectivity index (χ1n) is 10.3. The lowest BCUT2D eigenvalue weighted by Crippen LogP contribution is -2.44. The third-order valence-corrected chi connectivity index (χ3v) is 6.19. The van der Waals surface area contributed by atoms with Crippen LogP contribution < -0.4 is 0 Å². The van der Waals surface area contributed by atoms with Gasteiger partial charge in [-0.25, -0.2) is 0 Å². The number of piperidine rings is 1. The monoisotopic (exact) mass is 378 g/mol. The molecule has 0 unspecified atom stereocenters. The van der Waals surface area contributed by atoms with Gasteiger partial charge >= 0.3 is 5.69 Å². The van der Waals surface area contributed by atoms with Crippen molar-refractivity contribution in [3.05, 3.63) is 39.2 Å². The quantitative estimate of drug-likeness (QED) is 0.534. The van der Waals surface area contributed by atoms with E-state index >= 15 is 0 Å². The molecule has 0 N–H and O–H groups in total. The molecule has 1 saturated carbocycles. The Balaban J connectivity index is 1.54. The topological polar surface area (TPSA) is 55.6 Å². The van der Waals surface area contributed by atoms with E-state index in [1.165, 1.54) is 18.9 Å². The Morgan fingerprint density at radius 3 is 2.44 bits per heavy atom. The van der Waals surface area contributed by atoms with Crippen molar-refractivity contribution in [2.75, 3.05) is 19.7 Å². The minimum Gasteiger partial charge on any atom is -0.379 e. The number of aryl methyl sites for hydroxylation is 1. The lowest BCUT2D eigenvalue weighted by Gasteiger charge is -2.40. The van der Waals surface area contributed by atoms with Gasteiger partial charge < -0.3 is 9.64 Å². The Bertz CT molecular complexity index is 651. The Kier molecular flexibility index (Phi) is 6.82. The number of benzene rings is 1. The summed E-state index contributed by atoms with van der Waals surface area (Å²) in [6, 6.07) is 3.68. The van der Waals surface area contributed by atoms with E-state index in [-0.39, 0.29) is 5.69 Å². The number of hydrogen-bond acceptors (Lipinski definition) is 4. The lowest BCUT2D eigenvalue weighted by atomic mass is 9.86. The molecular weight excluding hydrogens is 347 g/mol. The maximum absolute atomic E-state index is 14.0. The summed E-state index contributed by atoms with van der Waals surface area (Å²) < 4.78 is 19.8. The van der Waals surface area contributed by atoms with E-state index in [1.807, 2.05) is 0 Å². The highest BCUT2D eigenvalue weighted by Gasteiger charge is 2.30. The van der Waals surface area contributed by atoms with E-state index in [0.29, 0.717) is 30.0 Å². The van der Waals surface area contributed by atoms with Gasteiger partial charge in [0.05, 0.1) is 11.0 Å². The molecule has 1 saturated heterocycles. The van der Waals surface area contributed by atoms with Gasteiger partial charge in [0.2, 0.25) is 5.82 Å². The second-order valence-corrected chi connectivity index (χ2v) is 8.08. The van der Waals surface area contributed by atoms with Gasteiger partial charge in [-0.1, -0.05) is 0 Å². The van der Waals surface area contributed by atoms with Crippen LogP contribution in [0.15, 0.2) is 12.1 Å². The van der Waals surface area contributed by atoms with Crippen LogP contribution in [0.3, 0.4) is 0 Å². The maximum Gasteiger partial charge on any atom is 0.307 e. The van der Waals surface area contributed by atoms with E-state index in [2.05, 4.69) is 11.8 Å². The number of rotatable bonds is 6. The van der Waals surface area contributed by atoms with Crippen molar-refractivity contribution in [2.24, 2.45) is 5.92 Å². The Morgan fingerprint density at radius 1 is 1.19 bits per heavy atom. The number of nitro benzene ring substituents is 1. The fraction of sp³-hybridized carbons (Fsp3) is 0.714. The first-order valence-corrected chi connectivity index (χ1v) is 10.3. The van der Waals surface area contributed by atoms with Crippen LogP contribution in [0.5, 0.6) is 0 Å². The predicted molar refractivity (Wildman–Crippen MR) is 103 cm³/mol. The van der Waals surface area contributed by atoms with Gasteiger partial charge in [0, 0.05) is 18.2 Å². The summed E-state index contributed by atoms with van der Waals surface area (Å²) in [7, 11) is 0. The van der Waals surface area contributed by atoms with Gasteiger partial charge in [-0.3, -0.25) is 10.1 Å². The first kappa shape index (κ1) is 20.2. The minimum absolute atomic E-state index is 0.336. The van der Waals surface area contributed by atoms with Crippen LogP contribution in [0.1, 0.15) is 56.6 Å². The standard InChI is InChI=1S/C21H31FN2O3/c1-3-27-19-6-4-18(5-7-19)23-10-8-16(9-11-23)14-17-12-15(2)13-20(22)21(17)24(25)26/h12-13,16,18-19H,3-11,14H2,1-2H3. The van der Waals surface area contributed by atoms with E-state index in [0.717, 1.165) is 50.9 Å². The zero-order chi connectivity index (χ0) is 19.4. The lowest BCUT2D eigenvalue weighted by molar-refractivity contribution is -0.388. The summed E-state index contributed by atoms with van der Waals surface area (Å²) in [6.45, 7) is 6.72. The molecule has 1 aliphatic carbocycles. The number of nitro groups is 1. The zero-order valence-electron chi connectivity index (χ0n) is 16.5. The second-order valence-electron chi connectivity index (χ2n) is 8.08. The Morgan fingerprint density at radius 2 is 1.85 bits per heavy atom. The first-order chi connectivity index (χ1) is 13.0. The highest BCUT2D eigenvalue weighted by molar-refractivity contribution is 5.44. The molecule has 6 heteroatoms. The van der Waals surface area contributed by atoms with Crippen LogP contribution in [0.2, 0.25) is 0 Å². The van der Waals surface area contributed by atoms with Crippen LogP contribution in [-0.4, -0.2) is 41.7 Å². The van der Waals surface area contributed by atoms with Crippen molar-refractivity contribution < 1.29 is 14.1 Å². The molecule has 1 aromatic rings. The van der Waals surface area contributed by atoms with Crippen molar-refractivity contribution in [1.82, 2.24) is 4.90 Å². The third kappa shape index (κ3) is 5.05. The van der Waals surface area contributed by atoms with Gasteiger partial charge in [0.25, 0.3) is 0 Å². The van der Waals surface area contributed by atoms with Gasteiger partial charge in [-0.05, 0) is 95.5 Å². The van der Waals surface area contributed by atoms with Crippen LogP contribution in [0.25, 0.3) is 0 Å². The van der Waals surface area contributed by atoms with Gasteiger partial charge in [0.15, 0.2) is 0 Å². The van der Waals surface area contributed by atoms with Crippen molar-refractivity contribution in [3.63, 3.8) is 0 Å². The molecule has 5 nitrogen and oxygen atoms in total. The molecule has 2 aliphatic rings. The SMILES string of the molecule is CCOC1CCC(N2CCC(Cc3cc(C)cc(F)c3[N+](=O)[O-])CC2)CC1. The fourth-order valence-electron chi connectivity index (χ4n) is 4.81. The van der Waals surface area contributed by atoms with E-state index in [1.54, 1.807) is 13.0 Å². The summed E-state index contributed by atoms with van der Waals surface area (Å²) in [5, 5.41) is 11.3. The largest absolute Gasteiger partial charge is 0.379 e. The van der Waals surface area contributed by atoms with Crippen LogP contribution in [0, 0.1) is 28.8 Å². The molecule has 0 radical (unpaired) electrons. The Hall–Kier alpha value is -1.53. The molecule has 0 bridgehead atoms. The van der Waals surface area contributed by atoms with E-state index in [9.17, 15) is 14.5 Å². The molecule has 0 spiro atoms. The average Bonchev–Trinajstić information content (AvgIpc) is 2.62. The highest BCUT2D eigenvalue weighted by Crippen LogP contribution is 2.32. The van der Waals surface area contributed by atoms with Gasteiger partial charge in [0.1, 0.15) is 0 Å². The molecular formula is C21H31FN2O3. The van der Waals surface area contributed by atoms with Crippen molar-refractivity contribution in [2.45, 2.75) is 70.9 Å². The average molecular weight is 378 g/mol. The molecule has 1 aliphatic heterocycles. The minimum atomic E-state index is -0.710. The number of halogens is 1. The molecule has 1 heterocycles. The number of nitrogens with zero attached hydrogens (tertiary/aromatic N) is 2. The maximum atomic E-state index is 14.0. The molecule has 0 amide bonds. The molecule has 0 atom stereocenters. The van der Waals surface area contributed by atoms with Gasteiger partial charge in [-0.2, -0.15) is 4.39 Å². The van der Waals surface area contributed by atoms with Crippen LogP contribution >= 0.6 is 0 Å². The molecule has 2 fully saturated rings. The van der Waals surface area contributed by atoms with E-state index in [4.69, 9.17) is 4.74 Å². The second kappa shape index (κ2) is 9.11. The molecule has 3 rings (SSSR count).